The molecule has 0 aliphatic heterocycles. The molecule has 0 spiro atoms. The van der Waals surface area contributed by atoms with E-state index in [2.05, 4.69) is 15.9 Å². The lowest BCUT2D eigenvalue weighted by atomic mass is 9.78. The van der Waals surface area contributed by atoms with Crippen LogP contribution in [0.25, 0.3) is 0 Å². The molecule has 2 saturated carbocycles. The third kappa shape index (κ3) is 1.70. The Labute approximate surface area is 114 Å². The average molecular weight is 311 g/mol. The van der Waals surface area contributed by atoms with Crippen LogP contribution < -0.4 is 4.74 Å². The molecule has 18 heavy (non-hydrogen) atoms. The van der Waals surface area contributed by atoms with Crippen LogP contribution in [0.3, 0.4) is 0 Å². The molecule has 4 heteroatoms. The van der Waals surface area contributed by atoms with Crippen molar-refractivity contribution in [2.75, 3.05) is 7.11 Å². The number of halogens is 1. The largest absolute Gasteiger partial charge is 0.497 e. The van der Waals surface area contributed by atoms with Gasteiger partial charge in [-0.1, -0.05) is 15.9 Å². The van der Waals surface area contributed by atoms with E-state index in [0.717, 1.165) is 16.5 Å². The lowest BCUT2D eigenvalue weighted by molar-refractivity contribution is -0.132. The summed E-state index contributed by atoms with van der Waals surface area (Å²) >= 11 is 3.42. The molecule has 0 amide bonds. The minimum absolute atomic E-state index is 0.202. The van der Waals surface area contributed by atoms with E-state index < -0.39 is 5.60 Å². The van der Waals surface area contributed by atoms with Crippen LogP contribution in [0.4, 0.5) is 0 Å². The molecule has 1 aromatic carbocycles. The Morgan fingerprint density at radius 1 is 1.44 bits per heavy atom. The quantitative estimate of drug-likeness (QED) is 0.913. The summed E-state index contributed by atoms with van der Waals surface area (Å²) in [6.07, 6.45) is 2.14. The van der Waals surface area contributed by atoms with Gasteiger partial charge in [0.15, 0.2) is 0 Å². The van der Waals surface area contributed by atoms with E-state index in [1.807, 2.05) is 18.2 Å². The maximum atomic E-state index is 11.9. The van der Waals surface area contributed by atoms with Crippen LogP contribution >= 0.6 is 15.9 Å². The van der Waals surface area contributed by atoms with Crippen LogP contribution in [0.1, 0.15) is 24.8 Å². The SMILES string of the molecule is COc1cc(Br)cc(C2(O)CC3CC(=O)C2C3)c1. The molecule has 0 heterocycles. The summed E-state index contributed by atoms with van der Waals surface area (Å²) in [7, 11) is 1.60. The van der Waals surface area contributed by atoms with Crippen molar-refractivity contribution in [1.29, 1.82) is 0 Å². The highest BCUT2D eigenvalue weighted by Gasteiger charge is 2.55. The van der Waals surface area contributed by atoms with Gasteiger partial charge in [-0.2, -0.15) is 0 Å². The van der Waals surface area contributed by atoms with Gasteiger partial charge in [0.05, 0.1) is 18.6 Å². The first-order valence-corrected chi connectivity index (χ1v) is 6.92. The van der Waals surface area contributed by atoms with E-state index in [1.54, 1.807) is 7.11 Å². The number of hydrogen-bond donors (Lipinski definition) is 1. The van der Waals surface area contributed by atoms with E-state index >= 15 is 0 Å². The molecular formula is C14H15BrO3. The van der Waals surface area contributed by atoms with Crippen molar-refractivity contribution in [3.05, 3.63) is 28.2 Å². The number of ether oxygens (including phenoxy) is 1. The molecule has 3 rings (SSSR count). The number of aliphatic hydroxyl groups is 1. The van der Waals surface area contributed by atoms with E-state index in [0.29, 0.717) is 24.5 Å². The number of fused-ring (bicyclic) bond motifs is 2. The van der Waals surface area contributed by atoms with Crippen molar-refractivity contribution >= 4 is 21.7 Å². The number of methoxy groups -OCH3 is 1. The van der Waals surface area contributed by atoms with Gasteiger partial charge in [-0.15, -0.1) is 0 Å². The van der Waals surface area contributed by atoms with Crippen molar-refractivity contribution in [1.82, 2.24) is 0 Å². The van der Waals surface area contributed by atoms with Crippen LogP contribution in [-0.2, 0) is 10.4 Å². The molecule has 1 aromatic rings. The molecule has 3 nitrogen and oxygen atoms in total. The second-order valence-electron chi connectivity index (χ2n) is 5.33. The third-order valence-electron chi connectivity index (χ3n) is 4.23. The number of carbonyl (C=O) groups excluding carboxylic acids is 1. The summed E-state index contributed by atoms with van der Waals surface area (Å²) in [6, 6.07) is 5.57. The highest BCUT2D eigenvalue weighted by molar-refractivity contribution is 9.10. The molecule has 0 radical (unpaired) electrons. The normalized spacial score (nSPS) is 34.1. The van der Waals surface area contributed by atoms with Crippen LogP contribution in [0.2, 0.25) is 0 Å². The summed E-state index contributed by atoms with van der Waals surface area (Å²) in [4.78, 5) is 11.9. The fourth-order valence-electron chi connectivity index (χ4n) is 3.42. The number of hydrogen-bond acceptors (Lipinski definition) is 3. The van der Waals surface area contributed by atoms with Crippen LogP contribution in [0.5, 0.6) is 5.75 Å². The van der Waals surface area contributed by atoms with Gasteiger partial charge >= 0.3 is 0 Å². The molecule has 3 unspecified atom stereocenters. The van der Waals surface area contributed by atoms with Gasteiger partial charge in [0.1, 0.15) is 11.5 Å². The van der Waals surface area contributed by atoms with Gasteiger partial charge in [-0.05, 0) is 42.5 Å². The molecule has 2 aliphatic carbocycles. The number of carbonyl (C=O) groups is 1. The maximum absolute atomic E-state index is 11.9. The summed E-state index contributed by atoms with van der Waals surface area (Å²) in [5.41, 5.74) is -0.217. The average Bonchev–Trinajstić information content (AvgIpc) is 2.84. The third-order valence-corrected chi connectivity index (χ3v) is 4.69. The Balaban J connectivity index is 2.04. The molecule has 2 bridgehead atoms. The number of Topliss-reactive ketones (excluding diaryl/α,β-unsaturated/α-hetero) is 1. The molecular weight excluding hydrogens is 296 g/mol. The second-order valence-corrected chi connectivity index (χ2v) is 6.25. The number of rotatable bonds is 2. The van der Waals surface area contributed by atoms with Crippen molar-refractivity contribution in [2.24, 2.45) is 11.8 Å². The molecule has 3 atom stereocenters. The lowest BCUT2D eigenvalue weighted by Crippen LogP contribution is -2.37. The first-order valence-electron chi connectivity index (χ1n) is 6.13. The van der Waals surface area contributed by atoms with Gasteiger partial charge in [-0.3, -0.25) is 4.79 Å². The Bertz CT molecular complexity index is 514. The lowest BCUT2D eigenvalue weighted by Gasteiger charge is -2.32. The van der Waals surface area contributed by atoms with E-state index in [9.17, 15) is 9.90 Å². The summed E-state index contributed by atoms with van der Waals surface area (Å²) in [5.74, 6) is 1.01. The topological polar surface area (TPSA) is 46.5 Å². The highest BCUT2D eigenvalue weighted by atomic mass is 79.9. The van der Waals surface area contributed by atoms with Crippen molar-refractivity contribution in [3.63, 3.8) is 0 Å². The molecule has 96 valence electrons. The Morgan fingerprint density at radius 3 is 2.83 bits per heavy atom. The fraction of sp³-hybridized carbons (Fsp3) is 0.500. The molecule has 1 N–H and O–H groups in total. The molecule has 0 aromatic heterocycles. The summed E-state index contributed by atoms with van der Waals surface area (Å²) in [6.45, 7) is 0. The Hall–Kier alpha value is -0.870. The first kappa shape index (κ1) is 12.2. The van der Waals surface area contributed by atoms with Gasteiger partial charge in [-0.25, -0.2) is 0 Å². The van der Waals surface area contributed by atoms with Gasteiger partial charge in [0, 0.05) is 10.9 Å². The number of ketones is 1. The van der Waals surface area contributed by atoms with E-state index in [-0.39, 0.29) is 11.7 Å². The van der Waals surface area contributed by atoms with Gasteiger partial charge in [0.25, 0.3) is 0 Å². The fourth-order valence-corrected chi connectivity index (χ4v) is 3.90. The Kier molecular flexibility index (Phi) is 2.75. The zero-order chi connectivity index (χ0) is 12.9. The molecule has 0 saturated heterocycles. The predicted octanol–water partition coefficient (Wildman–Crippen LogP) is 2.64. The van der Waals surface area contributed by atoms with E-state index in [4.69, 9.17) is 4.74 Å². The zero-order valence-electron chi connectivity index (χ0n) is 10.1. The highest BCUT2D eigenvalue weighted by Crippen LogP contribution is 2.54. The van der Waals surface area contributed by atoms with Gasteiger partial charge in [0.2, 0.25) is 0 Å². The second kappa shape index (κ2) is 4.07. The predicted molar refractivity (Wildman–Crippen MR) is 70.4 cm³/mol. The summed E-state index contributed by atoms with van der Waals surface area (Å²) < 4.78 is 6.08. The minimum atomic E-state index is -1.00. The number of benzene rings is 1. The minimum Gasteiger partial charge on any atom is -0.497 e. The monoisotopic (exact) mass is 310 g/mol. The zero-order valence-corrected chi connectivity index (χ0v) is 11.7. The Morgan fingerprint density at radius 2 is 2.22 bits per heavy atom. The standard InChI is InChI=1S/C14H15BrO3/c1-18-11-5-9(4-10(15)6-11)14(17)7-8-2-12(14)13(16)3-8/h4-6,8,12,17H,2-3,7H2,1H3. The van der Waals surface area contributed by atoms with Crippen LogP contribution in [-0.4, -0.2) is 18.0 Å². The maximum Gasteiger partial charge on any atom is 0.139 e. The summed E-state index contributed by atoms with van der Waals surface area (Å²) in [5, 5.41) is 10.9. The van der Waals surface area contributed by atoms with Crippen LogP contribution in [0.15, 0.2) is 22.7 Å². The van der Waals surface area contributed by atoms with Crippen molar-refractivity contribution in [3.8, 4) is 5.75 Å². The van der Waals surface area contributed by atoms with Crippen molar-refractivity contribution < 1.29 is 14.6 Å². The molecule has 2 aliphatic rings. The van der Waals surface area contributed by atoms with Crippen LogP contribution in [0, 0.1) is 11.8 Å². The first-order chi connectivity index (χ1) is 8.53. The van der Waals surface area contributed by atoms with E-state index in [1.165, 1.54) is 0 Å². The molecule has 2 fully saturated rings. The van der Waals surface area contributed by atoms with Gasteiger partial charge < -0.3 is 9.84 Å². The smallest absolute Gasteiger partial charge is 0.139 e. The van der Waals surface area contributed by atoms with Crippen molar-refractivity contribution in [2.45, 2.75) is 24.9 Å².